The summed E-state index contributed by atoms with van der Waals surface area (Å²) in [5, 5.41) is 11.2. The summed E-state index contributed by atoms with van der Waals surface area (Å²) >= 11 is 1.71. The summed E-state index contributed by atoms with van der Waals surface area (Å²) in [5.74, 6) is 0.962. The molecule has 0 bridgehead atoms. The van der Waals surface area contributed by atoms with Gasteiger partial charge in [-0.05, 0) is 31.8 Å². The molecule has 3 nitrogen and oxygen atoms in total. The third kappa shape index (κ3) is 4.20. The van der Waals surface area contributed by atoms with Gasteiger partial charge < -0.3 is 14.7 Å². The maximum atomic E-state index is 9.18. The number of hydrogen-bond acceptors (Lipinski definition) is 4. The predicted octanol–water partition coefficient (Wildman–Crippen LogP) is 1.96. The van der Waals surface area contributed by atoms with Crippen molar-refractivity contribution in [2.24, 2.45) is 0 Å². The molecule has 1 unspecified atom stereocenters. The molecule has 0 amide bonds. The maximum absolute atomic E-state index is 9.18. The van der Waals surface area contributed by atoms with Gasteiger partial charge in [0, 0.05) is 13.1 Å². The summed E-state index contributed by atoms with van der Waals surface area (Å²) in [5.41, 5.74) is 0. The highest BCUT2D eigenvalue weighted by atomic mass is 32.1. The Morgan fingerprint density at radius 3 is 2.93 bits per heavy atom. The van der Waals surface area contributed by atoms with E-state index in [9.17, 15) is 5.11 Å². The molecule has 4 heteroatoms. The Bertz CT molecular complexity index is 286. The molecule has 0 saturated carbocycles. The fourth-order valence-corrected chi connectivity index (χ4v) is 2.28. The van der Waals surface area contributed by atoms with Crippen LogP contribution in [0.5, 0.6) is 5.75 Å². The van der Waals surface area contributed by atoms with Gasteiger partial charge in [-0.25, -0.2) is 0 Å². The molecular weight excluding hydrogens is 210 g/mol. The van der Waals surface area contributed by atoms with Gasteiger partial charge in [0.1, 0.15) is 5.75 Å². The summed E-state index contributed by atoms with van der Waals surface area (Å²) in [6.45, 7) is 3.60. The van der Waals surface area contributed by atoms with Gasteiger partial charge in [0.05, 0.1) is 18.1 Å². The van der Waals surface area contributed by atoms with Crippen LogP contribution in [0.25, 0.3) is 0 Å². The number of aliphatic hydroxyl groups is 1. The van der Waals surface area contributed by atoms with Crippen LogP contribution < -0.4 is 4.74 Å². The minimum absolute atomic E-state index is 0.224. The van der Waals surface area contributed by atoms with Crippen molar-refractivity contribution in [2.75, 3.05) is 20.7 Å². The van der Waals surface area contributed by atoms with Crippen molar-refractivity contribution in [2.45, 2.75) is 26.0 Å². The van der Waals surface area contributed by atoms with Gasteiger partial charge in [-0.15, -0.1) is 11.3 Å². The van der Waals surface area contributed by atoms with Crippen molar-refractivity contribution in [3.63, 3.8) is 0 Å². The lowest BCUT2D eigenvalue weighted by molar-refractivity contribution is 0.163. The number of nitrogens with zero attached hydrogens (tertiary/aromatic N) is 1. The Labute approximate surface area is 95.3 Å². The van der Waals surface area contributed by atoms with E-state index in [0.717, 1.165) is 25.3 Å². The molecule has 0 fully saturated rings. The lowest BCUT2D eigenvalue weighted by atomic mass is 10.2. The van der Waals surface area contributed by atoms with Gasteiger partial charge in [0.25, 0.3) is 0 Å². The Morgan fingerprint density at radius 2 is 2.33 bits per heavy atom. The van der Waals surface area contributed by atoms with E-state index in [4.69, 9.17) is 4.74 Å². The van der Waals surface area contributed by atoms with Gasteiger partial charge in [0.15, 0.2) is 0 Å². The zero-order valence-corrected chi connectivity index (χ0v) is 10.4. The molecule has 1 aromatic rings. The second kappa shape index (κ2) is 6.10. The van der Waals surface area contributed by atoms with E-state index >= 15 is 0 Å². The molecule has 0 aliphatic rings. The summed E-state index contributed by atoms with van der Waals surface area (Å²) in [6, 6.07) is 1.99. The number of aliphatic hydroxyl groups excluding tert-OH is 1. The molecule has 0 saturated heterocycles. The minimum Gasteiger partial charge on any atom is -0.496 e. The van der Waals surface area contributed by atoms with Crippen molar-refractivity contribution >= 4 is 11.3 Å². The van der Waals surface area contributed by atoms with E-state index in [2.05, 4.69) is 11.9 Å². The topological polar surface area (TPSA) is 32.7 Å². The summed E-state index contributed by atoms with van der Waals surface area (Å²) < 4.78 is 5.25. The zero-order chi connectivity index (χ0) is 11.3. The van der Waals surface area contributed by atoms with Crippen molar-refractivity contribution in [3.8, 4) is 5.75 Å². The van der Waals surface area contributed by atoms with Crippen molar-refractivity contribution in [3.05, 3.63) is 16.3 Å². The summed E-state index contributed by atoms with van der Waals surface area (Å²) in [7, 11) is 3.75. The second-order valence-corrected chi connectivity index (χ2v) is 4.79. The average Bonchev–Trinajstić information content (AvgIpc) is 2.62. The molecular formula is C11H19NO2S. The van der Waals surface area contributed by atoms with Gasteiger partial charge in [-0.2, -0.15) is 0 Å². The first-order valence-corrected chi connectivity index (χ1v) is 5.98. The van der Waals surface area contributed by atoms with Gasteiger partial charge >= 0.3 is 0 Å². The first-order chi connectivity index (χ1) is 7.13. The number of methoxy groups -OCH3 is 1. The van der Waals surface area contributed by atoms with Crippen LogP contribution in [0.3, 0.4) is 0 Å². The highest BCUT2D eigenvalue weighted by molar-refractivity contribution is 7.10. The highest BCUT2D eigenvalue weighted by Gasteiger charge is 2.08. The molecule has 0 spiro atoms. The van der Waals surface area contributed by atoms with E-state index in [0.29, 0.717) is 0 Å². The second-order valence-electron chi connectivity index (χ2n) is 3.79. The van der Waals surface area contributed by atoms with Crippen molar-refractivity contribution in [1.29, 1.82) is 0 Å². The molecule has 1 N–H and O–H groups in total. The van der Waals surface area contributed by atoms with Crippen molar-refractivity contribution < 1.29 is 9.84 Å². The van der Waals surface area contributed by atoms with E-state index in [1.807, 2.05) is 18.4 Å². The number of rotatable bonds is 6. The molecule has 1 aromatic heterocycles. The van der Waals surface area contributed by atoms with Crippen LogP contribution in [0.4, 0.5) is 0 Å². The average molecular weight is 229 g/mol. The number of thiophene rings is 1. The molecule has 0 aromatic carbocycles. The molecule has 15 heavy (non-hydrogen) atoms. The quantitative estimate of drug-likeness (QED) is 0.809. The van der Waals surface area contributed by atoms with Crippen molar-refractivity contribution in [1.82, 2.24) is 4.90 Å². The normalized spacial score (nSPS) is 13.1. The Kier molecular flexibility index (Phi) is 5.08. The van der Waals surface area contributed by atoms with Gasteiger partial charge in [-0.3, -0.25) is 0 Å². The summed E-state index contributed by atoms with van der Waals surface area (Å²) in [4.78, 5) is 3.44. The number of ether oxygens (including phenoxy) is 1. The molecule has 86 valence electrons. The molecule has 1 atom stereocenters. The van der Waals surface area contributed by atoms with Crippen LogP contribution >= 0.6 is 11.3 Å². The standard InChI is InChI=1S/C11H19NO2S/c1-9(13)4-6-12(2)8-11-10(14-3)5-7-15-11/h5,7,9,13H,4,6,8H2,1-3H3. The Hall–Kier alpha value is -0.580. The molecule has 1 rings (SSSR count). The van der Waals surface area contributed by atoms with Gasteiger partial charge in [-0.1, -0.05) is 0 Å². The van der Waals surface area contributed by atoms with Crippen LogP contribution in [-0.2, 0) is 6.54 Å². The third-order valence-electron chi connectivity index (χ3n) is 2.27. The van der Waals surface area contributed by atoms with E-state index in [-0.39, 0.29) is 6.10 Å². The lowest BCUT2D eigenvalue weighted by Crippen LogP contribution is -2.21. The van der Waals surface area contributed by atoms with Crippen LogP contribution in [0.2, 0.25) is 0 Å². The molecule has 0 aliphatic carbocycles. The highest BCUT2D eigenvalue weighted by Crippen LogP contribution is 2.25. The SMILES string of the molecule is COc1ccsc1CN(C)CCC(C)O. The van der Waals surface area contributed by atoms with Crippen LogP contribution in [-0.4, -0.2) is 36.8 Å². The summed E-state index contributed by atoms with van der Waals surface area (Å²) in [6.07, 6.45) is 0.585. The van der Waals surface area contributed by atoms with Crippen LogP contribution in [0, 0.1) is 0 Å². The zero-order valence-electron chi connectivity index (χ0n) is 9.56. The minimum atomic E-state index is -0.224. The first kappa shape index (κ1) is 12.5. The lowest BCUT2D eigenvalue weighted by Gasteiger charge is -2.17. The smallest absolute Gasteiger partial charge is 0.134 e. The Balaban J connectivity index is 2.40. The van der Waals surface area contributed by atoms with Gasteiger partial charge in [0.2, 0.25) is 0 Å². The Morgan fingerprint density at radius 1 is 1.60 bits per heavy atom. The van der Waals surface area contributed by atoms with E-state index < -0.39 is 0 Å². The number of hydrogen-bond donors (Lipinski definition) is 1. The van der Waals surface area contributed by atoms with Crippen LogP contribution in [0.15, 0.2) is 11.4 Å². The third-order valence-corrected chi connectivity index (χ3v) is 3.15. The van der Waals surface area contributed by atoms with E-state index in [1.54, 1.807) is 18.4 Å². The molecule has 0 radical (unpaired) electrons. The monoisotopic (exact) mass is 229 g/mol. The van der Waals surface area contributed by atoms with Crippen LogP contribution in [0.1, 0.15) is 18.2 Å². The fraction of sp³-hybridized carbons (Fsp3) is 0.636. The first-order valence-electron chi connectivity index (χ1n) is 5.10. The maximum Gasteiger partial charge on any atom is 0.134 e. The van der Waals surface area contributed by atoms with E-state index in [1.165, 1.54) is 4.88 Å². The predicted molar refractivity (Wildman–Crippen MR) is 63.5 cm³/mol. The molecule has 1 heterocycles. The largest absolute Gasteiger partial charge is 0.496 e. The molecule has 0 aliphatic heterocycles. The fourth-order valence-electron chi connectivity index (χ4n) is 1.36.